The maximum Gasteiger partial charge on any atom is 0.229 e. The van der Waals surface area contributed by atoms with E-state index in [9.17, 15) is 25.2 Å². The van der Waals surface area contributed by atoms with Crippen molar-refractivity contribution in [1.29, 1.82) is 0 Å². The molecule has 1 fully saturated rings. The highest BCUT2D eigenvalue weighted by atomic mass is 16.7. The van der Waals surface area contributed by atoms with Gasteiger partial charge in [0.2, 0.25) is 6.29 Å². The van der Waals surface area contributed by atoms with Crippen molar-refractivity contribution in [2.24, 2.45) is 4.99 Å². The lowest BCUT2D eigenvalue weighted by Gasteiger charge is -2.40. The summed E-state index contributed by atoms with van der Waals surface area (Å²) in [4.78, 5) is 16.5. The maximum atomic E-state index is 11.8. The van der Waals surface area contributed by atoms with Gasteiger partial charge in [0.15, 0.2) is 5.78 Å². The molecule has 4 N–H and O–H groups in total. The Bertz CT molecular complexity index is 931. The fourth-order valence-electron chi connectivity index (χ4n) is 3.87. The van der Waals surface area contributed by atoms with Gasteiger partial charge in [0.25, 0.3) is 0 Å². The Hall–Kier alpha value is -2.36. The molecule has 0 radical (unpaired) electrons. The van der Waals surface area contributed by atoms with Crippen LogP contribution in [0.3, 0.4) is 0 Å². The van der Waals surface area contributed by atoms with Gasteiger partial charge >= 0.3 is 0 Å². The molecule has 2 aliphatic heterocycles. The topological polar surface area (TPSA) is 129 Å². The van der Waals surface area contributed by atoms with Crippen molar-refractivity contribution >= 4 is 17.2 Å². The van der Waals surface area contributed by atoms with Gasteiger partial charge in [0.05, 0.1) is 18.0 Å². The van der Waals surface area contributed by atoms with Gasteiger partial charge < -0.3 is 29.9 Å². The Kier molecular flexibility index (Phi) is 4.92. The van der Waals surface area contributed by atoms with E-state index in [0.717, 1.165) is 22.5 Å². The summed E-state index contributed by atoms with van der Waals surface area (Å²) < 4.78 is 11.1. The first-order valence-corrected chi connectivity index (χ1v) is 9.37. The predicted molar refractivity (Wildman–Crippen MR) is 103 cm³/mol. The van der Waals surface area contributed by atoms with Crippen LogP contribution in [0.1, 0.15) is 19.4 Å². The molecule has 0 bridgehead atoms. The number of nitrogens with zero attached hydrogens (tertiary/aromatic N) is 1. The third-order valence-electron chi connectivity index (χ3n) is 5.62. The highest BCUT2D eigenvalue weighted by Crippen LogP contribution is 2.45. The Labute approximate surface area is 167 Å². The van der Waals surface area contributed by atoms with E-state index < -0.39 is 42.7 Å². The average Bonchev–Trinajstić information content (AvgIpc) is 2.70. The van der Waals surface area contributed by atoms with Gasteiger partial charge in [-0.1, -0.05) is 13.8 Å². The minimum atomic E-state index is -1.52. The number of allylic oxidation sites excluding steroid dienone is 4. The molecule has 0 spiro atoms. The predicted octanol–water partition coefficient (Wildman–Crippen LogP) is 0.294. The molecular weight excluding hydrogens is 378 g/mol. The van der Waals surface area contributed by atoms with E-state index in [1.54, 1.807) is 30.4 Å². The molecule has 4 rings (SSSR count). The quantitative estimate of drug-likeness (QED) is 0.536. The zero-order chi connectivity index (χ0) is 20.9. The molecule has 0 aromatic heterocycles. The standard InChI is InChI=1S/C21H23NO7/c1-21(2)12-7-10(24)3-5-14(12)22-15-6-4-11(8-13(15)21)28-20-19(27)18(26)17(25)16(9-23)29-20/h3-8,16-20,23,25-27H,9H2,1-2H3/t16-,17-,18+,19-,20-/m1/s1. The van der Waals surface area contributed by atoms with E-state index in [-0.39, 0.29) is 5.78 Å². The van der Waals surface area contributed by atoms with Gasteiger partial charge in [-0.05, 0) is 47.6 Å². The summed E-state index contributed by atoms with van der Waals surface area (Å²) in [5.41, 5.74) is 2.61. The molecule has 1 aliphatic carbocycles. The van der Waals surface area contributed by atoms with Crippen LogP contribution >= 0.6 is 0 Å². The summed E-state index contributed by atoms with van der Waals surface area (Å²) in [6.45, 7) is 3.43. The monoisotopic (exact) mass is 401 g/mol. The molecule has 0 saturated carbocycles. The number of fused-ring (bicyclic) bond motifs is 2. The van der Waals surface area contributed by atoms with Crippen LogP contribution in [0.5, 0.6) is 5.75 Å². The Morgan fingerprint density at radius 2 is 1.90 bits per heavy atom. The lowest BCUT2D eigenvalue weighted by molar-refractivity contribution is -0.277. The number of ether oxygens (including phenoxy) is 2. The van der Waals surface area contributed by atoms with E-state index in [1.807, 2.05) is 13.8 Å². The van der Waals surface area contributed by atoms with Crippen LogP contribution in [0, 0.1) is 0 Å². The van der Waals surface area contributed by atoms with Gasteiger partial charge in [0, 0.05) is 5.41 Å². The molecular formula is C21H23NO7. The van der Waals surface area contributed by atoms with Crippen molar-refractivity contribution in [3.8, 4) is 5.75 Å². The molecule has 1 saturated heterocycles. The summed E-state index contributed by atoms with van der Waals surface area (Å²) >= 11 is 0. The van der Waals surface area contributed by atoms with Gasteiger partial charge in [-0.15, -0.1) is 0 Å². The minimum absolute atomic E-state index is 0.0933. The Balaban J connectivity index is 1.65. The number of carbonyl (C=O) groups is 1. The largest absolute Gasteiger partial charge is 0.462 e. The first-order valence-electron chi connectivity index (χ1n) is 9.37. The van der Waals surface area contributed by atoms with Crippen LogP contribution in [0.2, 0.25) is 0 Å². The van der Waals surface area contributed by atoms with Crippen molar-refractivity contribution in [3.63, 3.8) is 0 Å². The van der Waals surface area contributed by atoms with Crippen LogP contribution < -0.4 is 4.74 Å². The van der Waals surface area contributed by atoms with Gasteiger partial charge in [-0.2, -0.15) is 0 Å². The molecule has 1 aromatic carbocycles. The van der Waals surface area contributed by atoms with E-state index in [2.05, 4.69) is 4.99 Å². The molecule has 8 nitrogen and oxygen atoms in total. The second kappa shape index (κ2) is 7.16. The lowest BCUT2D eigenvalue weighted by atomic mass is 9.71. The average molecular weight is 401 g/mol. The first-order chi connectivity index (χ1) is 13.7. The number of aliphatic hydroxyl groups excluding tert-OH is 4. The zero-order valence-electron chi connectivity index (χ0n) is 16.0. The summed E-state index contributed by atoms with van der Waals surface area (Å²) in [5.74, 6) is 0.266. The molecule has 29 heavy (non-hydrogen) atoms. The van der Waals surface area contributed by atoms with Crippen LogP contribution in [-0.4, -0.2) is 69.2 Å². The van der Waals surface area contributed by atoms with Crippen molar-refractivity contribution in [2.75, 3.05) is 6.61 Å². The highest BCUT2D eigenvalue weighted by Gasteiger charge is 2.45. The minimum Gasteiger partial charge on any atom is -0.462 e. The van der Waals surface area contributed by atoms with E-state index >= 15 is 0 Å². The summed E-state index contributed by atoms with van der Waals surface area (Å²) in [6, 6.07) is 5.18. The Morgan fingerprint density at radius 3 is 2.62 bits per heavy atom. The summed E-state index contributed by atoms with van der Waals surface area (Å²) in [6.07, 6.45) is -2.01. The lowest BCUT2D eigenvalue weighted by Crippen LogP contribution is -2.60. The number of aliphatic imine (C=N–C) groups is 1. The van der Waals surface area contributed by atoms with E-state index in [4.69, 9.17) is 9.47 Å². The molecule has 154 valence electrons. The number of hydrogen-bond acceptors (Lipinski definition) is 8. The van der Waals surface area contributed by atoms with Crippen LogP contribution in [0.4, 0.5) is 5.69 Å². The second-order valence-corrected chi connectivity index (χ2v) is 7.91. The maximum absolute atomic E-state index is 11.8. The summed E-state index contributed by atoms with van der Waals surface area (Å²) in [7, 11) is 0. The van der Waals surface area contributed by atoms with Crippen molar-refractivity contribution in [1.82, 2.24) is 0 Å². The molecule has 5 atom stereocenters. The fourth-order valence-corrected chi connectivity index (χ4v) is 3.87. The molecule has 3 aliphatic rings. The number of ketones is 1. The number of carbonyl (C=O) groups excluding carboxylic acids is 1. The number of aliphatic hydroxyl groups is 4. The normalized spacial score (nSPS) is 32.8. The van der Waals surface area contributed by atoms with Crippen molar-refractivity contribution in [2.45, 2.75) is 50.0 Å². The third-order valence-corrected chi connectivity index (χ3v) is 5.62. The van der Waals surface area contributed by atoms with Gasteiger partial charge in [-0.3, -0.25) is 4.79 Å². The SMILES string of the molecule is CC1(C)C2=CC(=O)C=CC2=Nc2ccc(O[C@@H]3O[C@H](CO)[C@@H](O)[C@H](O)[C@H]3O)cc21. The van der Waals surface area contributed by atoms with Crippen molar-refractivity contribution < 1.29 is 34.7 Å². The van der Waals surface area contributed by atoms with Gasteiger partial charge in [-0.25, -0.2) is 4.99 Å². The molecule has 8 heteroatoms. The van der Waals surface area contributed by atoms with Crippen LogP contribution in [0.25, 0.3) is 0 Å². The smallest absolute Gasteiger partial charge is 0.229 e. The molecule has 1 aromatic rings. The van der Waals surface area contributed by atoms with E-state index in [0.29, 0.717) is 5.75 Å². The zero-order valence-corrected chi connectivity index (χ0v) is 16.0. The number of rotatable bonds is 3. The van der Waals surface area contributed by atoms with E-state index in [1.165, 1.54) is 6.08 Å². The molecule has 0 unspecified atom stereocenters. The third kappa shape index (κ3) is 3.33. The van der Waals surface area contributed by atoms with Crippen LogP contribution in [0.15, 0.2) is 47.0 Å². The molecule has 0 amide bonds. The second-order valence-electron chi connectivity index (χ2n) is 7.91. The van der Waals surface area contributed by atoms with Crippen molar-refractivity contribution in [3.05, 3.63) is 47.6 Å². The number of hydrogen-bond donors (Lipinski definition) is 4. The Morgan fingerprint density at radius 1 is 1.14 bits per heavy atom. The molecule has 2 heterocycles. The number of benzene rings is 1. The highest BCUT2D eigenvalue weighted by molar-refractivity contribution is 6.22. The van der Waals surface area contributed by atoms with Crippen LogP contribution in [-0.2, 0) is 14.9 Å². The summed E-state index contributed by atoms with van der Waals surface area (Å²) in [5, 5.41) is 39.3. The fraction of sp³-hybridized carbons (Fsp3) is 0.429. The first kappa shape index (κ1) is 19.9. The van der Waals surface area contributed by atoms with Gasteiger partial charge in [0.1, 0.15) is 30.2 Å².